The van der Waals surface area contributed by atoms with E-state index in [1.54, 1.807) is 6.92 Å². The highest BCUT2D eigenvalue weighted by Crippen LogP contribution is 2.31. The molecule has 1 aliphatic heterocycles. The van der Waals surface area contributed by atoms with Gasteiger partial charge in [-0.05, 0) is 38.8 Å². The highest BCUT2D eigenvalue weighted by atomic mass is 32.2. The minimum atomic E-state index is -3.61. The zero-order valence-electron chi connectivity index (χ0n) is 18.2. The van der Waals surface area contributed by atoms with E-state index in [0.29, 0.717) is 5.69 Å². The molecule has 0 unspecified atom stereocenters. The van der Waals surface area contributed by atoms with E-state index in [0.717, 1.165) is 41.8 Å². The second-order valence-electron chi connectivity index (χ2n) is 8.89. The highest BCUT2D eigenvalue weighted by molar-refractivity contribution is 7.88. The van der Waals surface area contributed by atoms with Crippen LogP contribution in [0.4, 0.5) is 5.69 Å². The SMILES string of the molecule is Cc1ccc(N2C(=O)CN(S(C)(=O)=O)C[C@]2(C)C(=O)NC2CCCCCCC2)cc1. The van der Waals surface area contributed by atoms with E-state index < -0.39 is 21.5 Å². The van der Waals surface area contributed by atoms with Crippen LogP contribution >= 0.6 is 0 Å². The van der Waals surface area contributed by atoms with Crippen molar-refractivity contribution in [1.29, 1.82) is 0 Å². The number of carbonyl (C=O) groups is 2. The van der Waals surface area contributed by atoms with Crippen LogP contribution in [-0.2, 0) is 19.6 Å². The van der Waals surface area contributed by atoms with Gasteiger partial charge in [-0.15, -0.1) is 0 Å². The van der Waals surface area contributed by atoms with E-state index in [1.165, 1.54) is 24.2 Å². The average molecular weight is 436 g/mol. The first-order valence-corrected chi connectivity index (χ1v) is 12.6. The fourth-order valence-electron chi connectivity index (χ4n) is 4.44. The van der Waals surface area contributed by atoms with Crippen molar-refractivity contribution in [1.82, 2.24) is 9.62 Å². The van der Waals surface area contributed by atoms with Crippen molar-refractivity contribution < 1.29 is 18.0 Å². The Bertz CT molecular complexity index is 876. The number of hydrogen-bond acceptors (Lipinski definition) is 4. The molecule has 1 atom stereocenters. The van der Waals surface area contributed by atoms with Gasteiger partial charge in [0.25, 0.3) is 0 Å². The fraction of sp³-hybridized carbons (Fsp3) is 0.636. The van der Waals surface area contributed by atoms with Crippen LogP contribution in [0.1, 0.15) is 57.4 Å². The molecule has 1 heterocycles. The van der Waals surface area contributed by atoms with E-state index in [2.05, 4.69) is 5.32 Å². The van der Waals surface area contributed by atoms with Gasteiger partial charge in [0.1, 0.15) is 5.54 Å². The van der Waals surface area contributed by atoms with Gasteiger partial charge in [0.15, 0.2) is 0 Å². The Morgan fingerprint density at radius 1 is 1.07 bits per heavy atom. The first-order chi connectivity index (χ1) is 14.1. The molecule has 0 radical (unpaired) electrons. The quantitative estimate of drug-likeness (QED) is 0.788. The maximum Gasteiger partial charge on any atom is 0.247 e. The molecule has 2 aliphatic rings. The van der Waals surface area contributed by atoms with E-state index in [9.17, 15) is 18.0 Å². The largest absolute Gasteiger partial charge is 0.351 e. The van der Waals surface area contributed by atoms with Gasteiger partial charge in [0.05, 0.1) is 12.8 Å². The van der Waals surface area contributed by atoms with Gasteiger partial charge in [-0.1, -0.05) is 49.8 Å². The van der Waals surface area contributed by atoms with Crippen molar-refractivity contribution in [3.63, 3.8) is 0 Å². The van der Waals surface area contributed by atoms with Gasteiger partial charge in [-0.3, -0.25) is 14.5 Å². The number of benzene rings is 1. The lowest BCUT2D eigenvalue weighted by Crippen LogP contribution is -2.70. The van der Waals surface area contributed by atoms with Crippen LogP contribution in [0.5, 0.6) is 0 Å². The number of nitrogens with zero attached hydrogens (tertiary/aromatic N) is 2. The Hall–Kier alpha value is -1.93. The van der Waals surface area contributed by atoms with Gasteiger partial charge in [0.2, 0.25) is 21.8 Å². The highest BCUT2D eigenvalue weighted by Gasteiger charge is 2.50. The Balaban J connectivity index is 1.92. The molecule has 1 aliphatic carbocycles. The van der Waals surface area contributed by atoms with Crippen molar-refractivity contribution in [2.24, 2.45) is 0 Å². The lowest BCUT2D eigenvalue weighted by atomic mass is 9.92. The lowest BCUT2D eigenvalue weighted by Gasteiger charge is -2.47. The summed E-state index contributed by atoms with van der Waals surface area (Å²) in [5.74, 6) is -0.693. The maximum atomic E-state index is 13.5. The summed E-state index contributed by atoms with van der Waals surface area (Å²) < 4.78 is 25.6. The van der Waals surface area contributed by atoms with Gasteiger partial charge in [-0.2, -0.15) is 4.31 Å². The Kier molecular flexibility index (Phi) is 6.87. The van der Waals surface area contributed by atoms with Crippen molar-refractivity contribution in [3.05, 3.63) is 29.8 Å². The van der Waals surface area contributed by atoms with Crippen LogP contribution in [0, 0.1) is 6.92 Å². The number of aryl methyl sites for hydroxylation is 1. The molecular weight excluding hydrogens is 402 g/mol. The van der Waals surface area contributed by atoms with Gasteiger partial charge in [0, 0.05) is 18.3 Å². The number of anilines is 1. The summed E-state index contributed by atoms with van der Waals surface area (Å²) in [4.78, 5) is 28.1. The predicted molar refractivity (Wildman–Crippen MR) is 118 cm³/mol. The summed E-state index contributed by atoms with van der Waals surface area (Å²) in [5, 5.41) is 3.15. The standard InChI is InChI=1S/C22H33N3O4S/c1-17-11-13-19(14-12-17)25-20(26)15-24(30(3,28)29)16-22(25,2)21(27)23-18-9-7-5-4-6-8-10-18/h11-14,18H,4-10,15-16H2,1-3H3,(H,23,27)/t22-/m1/s1. The molecule has 166 valence electrons. The molecule has 1 N–H and O–H groups in total. The van der Waals surface area contributed by atoms with Crippen LogP contribution in [-0.4, -0.2) is 55.5 Å². The third-order valence-corrected chi connectivity index (χ3v) is 7.43. The monoisotopic (exact) mass is 435 g/mol. The number of sulfonamides is 1. The lowest BCUT2D eigenvalue weighted by molar-refractivity contribution is -0.133. The molecule has 8 heteroatoms. The second-order valence-corrected chi connectivity index (χ2v) is 10.9. The summed E-state index contributed by atoms with van der Waals surface area (Å²) in [6.07, 6.45) is 8.60. The van der Waals surface area contributed by atoms with Gasteiger partial charge >= 0.3 is 0 Å². The van der Waals surface area contributed by atoms with E-state index in [-0.39, 0.29) is 25.0 Å². The van der Waals surface area contributed by atoms with Crippen molar-refractivity contribution in [2.45, 2.75) is 70.4 Å². The van der Waals surface area contributed by atoms with Crippen LogP contribution in [0.15, 0.2) is 24.3 Å². The molecule has 7 nitrogen and oxygen atoms in total. The maximum absolute atomic E-state index is 13.5. The summed E-state index contributed by atoms with van der Waals surface area (Å²) in [6.45, 7) is 3.29. The molecule has 2 fully saturated rings. The molecule has 0 bridgehead atoms. The third kappa shape index (κ3) is 5.03. The van der Waals surface area contributed by atoms with Crippen LogP contribution < -0.4 is 10.2 Å². The summed E-state index contributed by atoms with van der Waals surface area (Å²) in [5.41, 5.74) is 0.325. The number of piperazine rings is 1. The molecule has 0 spiro atoms. The van der Waals surface area contributed by atoms with E-state index >= 15 is 0 Å². The predicted octanol–water partition coefficient (Wildman–Crippen LogP) is 2.59. The third-order valence-electron chi connectivity index (χ3n) is 6.23. The number of nitrogens with one attached hydrogen (secondary N) is 1. The van der Waals surface area contributed by atoms with Crippen LogP contribution in [0.3, 0.4) is 0 Å². The Labute approximate surface area is 179 Å². The minimum absolute atomic E-state index is 0.0539. The molecule has 1 aromatic rings. The van der Waals surface area contributed by atoms with E-state index in [4.69, 9.17) is 0 Å². The summed E-state index contributed by atoms with van der Waals surface area (Å²) in [6, 6.07) is 7.45. The van der Waals surface area contributed by atoms with Crippen LogP contribution in [0.2, 0.25) is 0 Å². The second kappa shape index (κ2) is 9.06. The zero-order chi connectivity index (χ0) is 21.9. The zero-order valence-corrected chi connectivity index (χ0v) is 19.0. The smallest absolute Gasteiger partial charge is 0.247 e. The molecule has 1 aromatic carbocycles. The molecule has 30 heavy (non-hydrogen) atoms. The summed E-state index contributed by atoms with van der Waals surface area (Å²) >= 11 is 0. The topological polar surface area (TPSA) is 86.8 Å². The fourth-order valence-corrected chi connectivity index (χ4v) is 5.27. The number of carbonyl (C=O) groups excluding carboxylic acids is 2. The first kappa shape index (κ1) is 22.7. The normalized spacial score (nSPS) is 24.9. The Morgan fingerprint density at radius 3 is 2.20 bits per heavy atom. The number of amides is 2. The average Bonchev–Trinajstić information content (AvgIpc) is 2.64. The first-order valence-electron chi connectivity index (χ1n) is 10.8. The van der Waals surface area contributed by atoms with Gasteiger partial charge in [-0.25, -0.2) is 8.42 Å². The van der Waals surface area contributed by atoms with Crippen molar-refractivity contribution >= 4 is 27.5 Å². The van der Waals surface area contributed by atoms with Crippen molar-refractivity contribution in [3.8, 4) is 0 Å². The summed E-state index contributed by atoms with van der Waals surface area (Å²) in [7, 11) is -3.61. The Morgan fingerprint density at radius 2 is 1.63 bits per heavy atom. The molecule has 3 rings (SSSR count). The number of hydrogen-bond donors (Lipinski definition) is 1. The van der Waals surface area contributed by atoms with Crippen LogP contribution in [0.25, 0.3) is 0 Å². The van der Waals surface area contributed by atoms with Crippen molar-refractivity contribution in [2.75, 3.05) is 24.2 Å². The van der Waals surface area contributed by atoms with E-state index in [1.807, 2.05) is 31.2 Å². The molecular formula is C22H33N3O4S. The molecule has 1 saturated carbocycles. The molecule has 1 saturated heterocycles. The number of rotatable bonds is 4. The minimum Gasteiger partial charge on any atom is -0.351 e. The molecule has 0 aromatic heterocycles. The molecule has 2 amide bonds. The van der Waals surface area contributed by atoms with Gasteiger partial charge < -0.3 is 5.32 Å².